The van der Waals surface area contributed by atoms with Crippen LogP contribution in [0.1, 0.15) is 31.2 Å². The van der Waals surface area contributed by atoms with E-state index in [1.165, 1.54) is 0 Å². The van der Waals surface area contributed by atoms with Crippen molar-refractivity contribution >= 4 is 43.2 Å². The number of nitrogens with one attached hydrogen (secondary N) is 1. The van der Waals surface area contributed by atoms with Crippen molar-refractivity contribution in [3.05, 3.63) is 69.7 Å². The zero-order valence-corrected chi connectivity index (χ0v) is 18.4. The number of anilines is 1. The Hall–Kier alpha value is -1.34. The number of benzene rings is 2. The second-order valence-electron chi connectivity index (χ2n) is 7.79. The van der Waals surface area contributed by atoms with Gasteiger partial charge in [-0.2, -0.15) is 4.31 Å². The van der Waals surface area contributed by atoms with E-state index in [1.54, 1.807) is 28.6 Å². The molecule has 1 saturated heterocycles. The Balaban J connectivity index is 1.72. The van der Waals surface area contributed by atoms with E-state index in [-0.39, 0.29) is 4.90 Å². The maximum absolute atomic E-state index is 13.7. The minimum atomic E-state index is -3.69. The van der Waals surface area contributed by atoms with E-state index in [0.717, 1.165) is 47.0 Å². The first kappa shape index (κ1) is 18.7. The summed E-state index contributed by atoms with van der Waals surface area (Å²) < 4.78 is 30.0. The molecule has 28 heavy (non-hydrogen) atoms. The fraction of sp³-hybridized carbons (Fsp3) is 0.333. The van der Waals surface area contributed by atoms with Crippen LogP contribution in [0.4, 0.5) is 5.69 Å². The van der Waals surface area contributed by atoms with Crippen molar-refractivity contribution in [2.24, 2.45) is 0 Å². The molecule has 4 nitrogen and oxygen atoms in total. The quantitative estimate of drug-likeness (QED) is 0.595. The van der Waals surface area contributed by atoms with Gasteiger partial charge >= 0.3 is 0 Å². The van der Waals surface area contributed by atoms with Gasteiger partial charge in [-0.3, -0.25) is 0 Å². The van der Waals surface area contributed by atoms with Crippen LogP contribution in [0.5, 0.6) is 0 Å². The van der Waals surface area contributed by atoms with Crippen molar-refractivity contribution in [3.8, 4) is 0 Å². The molecule has 3 aliphatic rings. The lowest BCUT2D eigenvalue weighted by atomic mass is 9.62. The number of halogens is 2. The highest BCUT2D eigenvalue weighted by Crippen LogP contribution is 2.65. The summed E-state index contributed by atoms with van der Waals surface area (Å²) in [5.41, 5.74) is 2.13. The van der Waals surface area contributed by atoms with Gasteiger partial charge in [0.1, 0.15) is 5.66 Å². The van der Waals surface area contributed by atoms with Crippen molar-refractivity contribution in [2.45, 2.75) is 41.7 Å². The topological polar surface area (TPSA) is 49.4 Å². The highest BCUT2D eigenvalue weighted by molar-refractivity contribution is 9.10. The molecular weight excluding hydrogens is 460 g/mol. The third kappa shape index (κ3) is 2.18. The third-order valence-electron chi connectivity index (χ3n) is 6.63. The van der Waals surface area contributed by atoms with E-state index >= 15 is 0 Å². The Bertz CT molecular complexity index is 1100. The molecule has 2 aromatic rings. The average Bonchev–Trinajstić information content (AvgIpc) is 3.14. The van der Waals surface area contributed by atoms with Gasteiger partial charge in [0.15, 0.2) is 0 Å². The van der Waals surface area contributed by atoms with Crippen LogP contribution >= 0.6 is 27.5 Å². The van der Waals surface area contributed by atoms with E-state index in [9.17, 15) is 8.42 Å². The Morgan fingerprint density at radius 1 is 1.14 bits per heavy atom. The SMILES string of the molecule is C=C1CCCC23Nc4cccc(Br)c4C12CCN3S(=O)(=O)c1ccc(Cl)cc1. The molecule has 0 amide bonds. The van der Waals surface area contributed by atoms with Gasteiger partial charge in [0.25, 0.3) is 0 Å². The van der Waals surface area contributed by atoms with Crippen molar-refractivity contribution < 1.29 is 8.42 Å². The molecule has 0 radical (unpaired) electrons. The van der Waals surface area contributed by atoms with Crippen LogP contribution in [0, 0.1) is 0 Å². The second-order valence-corrected chi connectivity index (χ2v) is 10.9. The maximum Gasteiger partial charge on any atom is 0.245 e. The van der Waals surface area contributed by atoms with Gasteiger partial charge in [-0.25, -0.2) is 8.42 Å². The molecule has 2 fully saturated rings. The first-order chi connectivity index (χ1) is 13.3. The van der Waals surface area contributed by atoms with Crippen molar-refractivity contribution in [1.29, 1.82) is 0 Å². The lowest BCUT2D eigenvalue weighted by Gasteiger charge is -2.49. The van der Waals surface area contributed by atoms with Crippen LogP contribution in [0.2, 0.25) is 5.02 Å². The Morgan fingerprint density at radius 3 is 2.64 bits per heavy atom. The summed E-state index contributed by atoms with van der Waals surface area (Å²) >= 11 is 9.70. The van der Waals surface area contributed by atoms with Gasteiger partial charge in [0, 0.05) is 27.3 Å². The van der Waals surface area contributed by atoms with Gasteiger partial charge in [-0.05, 0) is 62.1 Å². The van der Waals surface area contributed by atoms with E-state index in [1.807, 2.05) is 18.2 Å². The molecule has 7 heteroatoms. The molecule has 2 atom stereocenters. The predicted octanol–water partition coefficient (Wildman–Crippen LogP) is 5.30. The van der Waals surface area contributed by atoms with Crippen molar-refractivity contribution in [2.75, 3.05) is 11.9 Å². The van der Waals surface area contributed by atoms with Crippen LogP contribution in [0.25, 0.3) is 0 Å². The number of rotatable bonds is 2. The van der Waals surface area contributed by atoms with Crippen LogP contribution in [0.3, 0.4) is 0 Å². The zero-order chi connectivity index (χ0) is 19.7. The monoisotopic (exact) mass is 478 g/mol. The highest BCUT2D eigenvalue weighted by Gasteiger charge is 2.69. The summed E-state index contributed by atoms with van der Waals surface area (Å²) in [5.74, 6) is 0. The summed E-state index contributed by atoms with van der Waals surface area (Å²) in [5, 5.41) is 4.16. The average molecular weight is 480 g/mol. The summed E-state index contributed by atoms with van der Waals surface area (Å²) in [7, 11) is -3.69. The number of hydrogen-bond acceptors (Lipinski definition) is 3. The van der Waals surface area contributed by atoms with E-state index < -0.39 is 21.1 Å². The molecule has 146 valence electrons. The van der Waals surface area contributed by atoms with Gasteiger partial charge in [-0.1, -0.05) is 45.7 Å². The molecule has 5 rings (SSSR count). The molecule has 0 aromatic heterocycles. The Kier molecular flexibility index (Phi) is 4.05. The fourth-order valence-corrected chi connectivity index (χ4v) is 8.14. The van der Waals surface area contributed by atoms with Gasteiger partial charge in [0.05, 0.1) is 10.3 Å². The maximum atomic E-state index is 13.7. The number of hydrogen-bond donors (Lipinski definition) is 1. The third-order valence-corrected chi connectivity index (χ3v) is 9.48. The molecule has 0 spiro atoms. The second kappa shape index (κ2) is 6.08. The van der Waals surface area contributed by atoms with E-state index in [0.29, 0.717) is 11.6 Å². The van der Waals surface area contributed by atoms with Crippen molar-refractivity contribution in [3.63, 3.8) is 0 Å². The van der Waals surface area contributed by atoms with Gasteiger partial charge in [-0.15, -0.1) is 0 Å². The standard InChI is InChI=1S/C21H20BrClN2O2S/c1-14-4-3-11-21-20(14,19-17(22)5-2-6-18(19)24-21)12-13-25(21)28(26,27)16-9-7-15(23)8-10-16/h2,5-10,24H,1,3-4,11-13H2. The number of sulfonamides is 1. The highest BCUT2D eigenvalue weighted by atomic mass is 79.9. The summed E-state index contributed by atoms with van der Waals surface area (Å²) in [6, 6.07) is 12.5. The van der Waals surface area contributed by atoms with Crippen LogP contribution in [0.15, 0.2) is 64.0 Å². The molecule has 1 N–H and O–H groups in total. The fourth-order valence-electron chi connectivity index (χ4n) is 5.54. The molecule has 2 aromatic carbocycles. The van der Waals surface area contributed by atoms with Gasteiger partial charge in [0.2, 0.25) is 10.0 Å². The number of nitrogens with zero attached hydrogens (tertiary/aromatic N) is 1. The summed E-state index contributed by atoms with van der Waals surface area (Å²) in [6.45, 7) is 4.88. The lowest BCUT2D eigenvalue weighted by Crippen LogP contribution is -2.61. The van der Waals surface area contributed by atoms with Crippen LogP contribution in [-0.2, 0) is 15.4 Å². The molecule has 1 aliphatic carbocycles. The Morgan fingerprint density at radius 2 is 1.89 bits per heavy atom. The minimum absolute atomic E-state index is 0.273. The molecule has 2 aliphatic heterocycles. The summed E-state index contributed by atoms with van der Waals surface area (Å²) in [6.07, 6.45) is 3.30. The largest absolute Gasteiger partial charge is 0.365 e. The molecule has 0 bridgehead atoms. The van der Waals surface area contributed by atoms with Crippen LogP contribution in [-0.4, -0.2) is 24.9 Å². The molecule has 1 saturated carbocycles. The number of fused-ring (bicyclic) bond motifs is 1. The first-order valence-electron chi connectivity index (χ1n) is 9.37. The normalized spacial score (nSPS) is 29.1. The summed E-state index contributed by atoms with van der Waals surface area (Å²) in [4.78, 5) is 0.273. The smallest absolute Gasteiger partial charge is 0.245 e. The molecule has 2 heterocycles. The van der Waals surface area contributed by atoms with Crippen LogP contribution < -0.4 is 5.32 Å². The Labute approximate surface area is 178 Å². The predicted molar refractivity (Wildman–Crippen MR) is 115 cm³/mol. The van der Waals surface area contributed by atoms with Crippen molar-refractivity contribution in [1.82, 2.24) is 4.31 Å². The zero-order valence-electron chi connectivity index (χ0n) is 15.2. The molecular formula is C21H20BrClN2O2S. The molecule has 2 unspecified atom stereocenters. The lowest BCUT2D eigenvalue weighted by molar-refractivity contribution is 0.178. The van der Waals surface area contributed by atoms with E-state index in [4.69, 9.17) is 11.6 Å². The minimum Gasteiger partial charge on any atom is -0.365 e. The van der Waals surface area contributed by atoms with Gasteiger partial charge < -0.3 is 5.32 Å². The first-order valence-corrected chi connectivity index (χ1v) is 12.0. The van der Waals surface area contributed by atoms with E-state index in [2.05, 4.69) is 27.8 Å².